The Labute approximate surface area is 212 Å². The second kappa shape index (κ2) is 12.9. The van der Waals surface area contributed by atoms with Gasteiger partial charge in [-0.1, -0.05) is 30.7 Å². The number of primary amides is 1. The summed E-state index contributed by atoms with van der Waals surface area (Å²) in [6.07, 6.45) is 4.28. The van der Waals surface area contributed by atoms with Crippen LogP contribution in [0, 0.1) is 0 Å². The van der Waals surface area contributed by atoms with Gasteiger partial charge in [0.15, 0.2) is 0 Å². The van der Waals surface area contributed by atoms with Crippen molar-refractivity contribution in [3.05, 3.63) is 53.6 Å². The highest BCUT2D eigenvalue weighted by Crippen LogP contribution is 2.28. The Hall–Kier alpha value is -3.59. The van der Waals surface area contributed by atoms with E-state index in [9.17, 15) is 14.4 Å². The summed E-state index contributed by atoms with van der Waals surface area (Å²) in [6, 6.07) is 12.3. The third-order valence-electron chi connectivity index (χ3n) is 6.51. The summed E-state index contributed by atoms with van der Waals surface area (Å²) in [4.78, 5) is 40.2. The van der Waals surface area contributed by atoms with Crippen molar-refractivity contribution in [1.29, 1.82) is 0 Å². The fourth-order valence-corrected chi connectivity index (χ4v) is 4.50. The highest BCUT2D eigenvalue weighted by molar-refractivity contribution is 6.10. The van der Waals surface area contributed by atoms with Gasteiger partial charge in [-0.15, -0.1) is 0 Å². The number of likely N-dealkylation sites (tertiary alicyclic amines) is 1. The molecule has 1 aliphatic heterocycles. The first-order valence-corrected chi connectivity index (χ1v) is 12.3. The van der Waals surface area contributed by atoms with E-state index in [1.165, 1.54) is 7.11 Å². The topological polar surface area (TPSA) is 128 Å². The quantitative estimate of drug-likeness (QED) is 0.343. The molecule has 9 heteroatoms. The molecule has 0 aliphatic carbocycles. The van der Waals surface area contributed by atoms with Crippen molar-refractivity contribution < 1.29 is 23.9 Å². The average Bonchev–Trinajstić information content (AvgIpc) is 3.38. The number of methoxy groups -OCH3 is 1. The minimum absolute atomic E-state index is 0.00415. The molecule has 0 saturated carbocycles. The monoisotopic (exact) mass is 496 g/mol. The van der Waals surface area contributed by atoms with Crippen molar-refractivity contribution >= 4 is 29.1 Å². The summed E-state index contributed by atoms with van der Waals surface area (Å²) in [5, 5.41) is 0. The number of nitrogens with two attached hydrogens (primary N) is 2. The van der Waals surface area contributed by atoms with Gasteiger partial charge in [0.25, 0.3) is 5.91 Å². The van der Waals surface area contributed by atoms with Crippen LogP contribution in [0.25, 0.3) is 0 Å². The zero-order valence-corrected chi connectivity index (χ0v) is 21.1. The first kappa shape index (κ1) is 27.0. The Morgan fingerprint density at radius 3 is 2.61 bits per heavy atom. The molecule has 1 heterocycles. The fourth-order valence-electron chi connectivity index (χ4n) is 4.50. The molecule has 4 N–H and O–H groups in total. The molecule has 2 aromatic carbocycles. The van der Waals surface area contributed by atoms with Crippen LogP contribution < -0.4 is 21.1 Å². The first-order chi connectivity index (χ1) is 17.3. The molecule has 194 valence electrons. The number of unbranched alkanes of at least 4 members (excludes halogenated alkanes) is 2. The molecule has 0 bridgehead atoms. The molecule has 1 aliphatic rings. The molecule has 1 atom stereocenters. The number of nitrogens with zero attached hydrogens (tertiary/aromatic N) is 2. The van der Waals surface area contributed by atoms with Gasteiger partial charge in [0.05, 0.1) is 25.0 Å². The number of carbonyl (C=O) groups excluding carboxylic acids is 3. The van der Waals surface area contributed by atoms with Crippen molar-refractivity contribution in [2.75, 3.05) is 37.9 Å². The van der Waals surface area contributed by atoms with E-state index in [2.05, 4.69) is 0 Å². The van der Waals surface area contributed by atoms with Crippen LogP contribution in [0.1, 0.15) is 54.4 Å². The Balaban J connectivity index is 1.46. The lowest BCUT2D eigenvalue weighted by molar-refractivity contribution is -0.137. The van der Waals surface area contributed by atoms with E-state index in [4.69, 9.17) is 20.9 Å². The molecule has 9 nitrogen and oxygen atoms in total. The van der Waals surface area contributed by atoms with Crippen molar-refractivity contribution in [2.24, 2.45) is 5.73 Å². The molecule has 3 rings (SSSR count). The van der Waals surface area contributed by atoms with E-state index in [-0.39, 0.29) is 11.8 Å². The second-order valence-corrected chi connectivity index (χ2v) is 8.93. The molecule has 1 fully saturated rings. The highest BCUT2D eigenvalue weighted by Gasteiger charge is 2.32. The van der Waals surface area contributed by atoms with Crippen molar-refractivity contribution in [3.63, 3.8) is 0 Å². The molecule has 1 saturated heterocycles. The zero-order chi connectivity index (χ0) is 26.1. The predicted octanol–water partition coefficient (Wildman–Crippen LogP) is 3.11. The maximum atomic E-state index is 13.1. The van der Waals surface area contributed by atoms with Gasteiger partial charge in [-0.2, -0.15) is 0 Å². The van der Waals surface area contributed by atoms with Crippen molar-refractivity contribution in [2.45, 2.75) is 51.2 Å². The van der Waals surface area contributed by atoms with E-state index < -0.39 is 11.9 Å². The van der Waals surface area contributed by atoms with E-state index >= 15 is 0 Å². The molecule has 0 radical (unpaired) electrons. The number of hydrogen-bond donors (Lipinski definition) is 2. The van der Waals surface area contributed by atoms with E-state index in [0.717, 1.165) is 36.9 Å². The van der Waals surface area contributed by atoms with Gasteiger partial charge in [0.2, 0.25) is 11.8 Å². The van der Waals surface area contributed by atoms with Crippen molar-refractivity contribution in [3.8, 4) is 5.75 Å². The number of rotatable bonds is 12. The molecule has 2 aromatic rings. The zero-order valence-electron chi connectivity index (χ0n) is 21.1. The maximum Gasteiger partial charge on any atom is 0.260 e. The Morgan fingerprint density at radius 1 is 1.08 bits per heavy atom. The first-order valence-electron chi connectivity index (χ1n) is 12.3. The number of benzene rings is 2. The number of para-hydroxylation sites is 2. The third-order valence-corrected chi connectivity index (χ3v) is 6.51. The maximum absolute atomic E-state index is 13.1. The number of ether oxygens (including phenoxy) is 2. The van der Waals surface area contributed by atoms with Gasteiger partial charge in [-0.3, -0.25) is 14.4 Å². The SMILES string of the molecule is COc1cccc(C(=O)N(C)c2ccccc2COCCCCCC(=O)N2CCC[C@H]2C(N)=O)c1N. The fraction of sp³-hybridized carbons (Fsp3) is 0.444. The summed E-state index contributed by atoms with van der Waals surface area (Å²) in [5.41, 5.74) is 13.8. The van der Waals surface area contributed by atoms with Gasteiger partial charge < -0.3 is 30.7 Å². The van der Waals surface area contributed by atoms with Gasteiger partial charge in [0, 0.05) is 37.9 Å². The number of amides is 3. The molecule has 0 aromatic heterocycles. The number of nitrogen functional groups attached to an aromatic ring is 1. The number of carbonyl (C=O) groups is 3. The summed E-state index contributed by atoms with van der Waals surface area (Å²) in [5.74, 6) is -0.204. The minimum Gasteiger partial charge on any atom is -0.495 e. The van der Waals surface area contributed by atoms with Gasteiger partial charge in [-0.05, 0) is 43.9 Å². The lowest BCUT2D eigenvalue weighted by Crippen LogP contribution is -2.43. The lowest BCUT2D eigenvalue weighted by Gasteiger charge is -2.22. The summed E-state index contributed by atoms with van der Waals surface area (Å²) in [6.45, 7) is 1.50. The normalized spacial score (nSPS) is 15.1. The molecular formula is C27H36N4O5. The van der Waals surface area contributed by atoms with Gasteiger partial charge in [-0.25, -0.2) is 0 Å². The minimum atomic E-state index is -0.453. The van der Waals surface area contributed by atoms with Crippen LogP contribution in [-0.4, -0.2) is 56.0 Å². The molecule has 0 spiro atoms. The van der Waals surface area contributed by atoms with Crippen LogP contribution >= 0.6 is 0 Å². The second-order valence-electron chi connectivity index (χ2n) is 8.93. The summed E-state index contributed by atoms with van der Waals surface area (Å²) in [7, 11) is 3.22. The van der Waals surface area contributed by atoms with Crippen LogP contribution in [0.5, 0.6) is 5.75 Å². The average molecular weight is 497 g/mol. The summed E-state index contributed by atoms with van der Waals surface area (Å²) < 4.78 is 11.1. The molecule has 36 heavy (non-hydrogen) atoms. The van der Waals surface area contributed by atoms with Crippen molar-refractivity contribution in [1.82, 2.24) is 4.90 Å². The van der Waals surface area contributed by atoms with Crippen LogP contribution in [0.3, 0.4) is 0 Å². The van der Waals surface area contributed by atoms with Crippen LogP contribution in [0.4, 0.5) is 11.4 Å². The lowest BCUT2D eigenvalue weighted by atomic mass is 10.1. The third kappa shape index (κ3) is 6.54. The Morgan fingerprint density at radius 2 is 1.86 bits per heavy atom. The number of hydrogen-bond acceptors (Lipinski definition) is 6. The van der Waals surface area contributed by atoms with Crippen LogP contribution in [-0.2, 0) is 20.9 Å². The van der Waals surface area contributed by atoms with Crippen LogP contribution in [0.15, 0.2) is 42.5 Å². The van der Waals surface area contributed by atoms with Gasteiger partial charge in [0.1, 0.15) is 11.8 Å². The van der Waals surface area contributed by atoms with Gasteiger partial charge >= 0.3 is 0 Å². The predicted molar refractivity (Wildman–Crippen MR) is 139 cm³/mol. The van der Waals surface area contributed by atoms with E-state index in [0.29, 0.717) is 49.6 Å². The smallest absolute Gasteiger partial charge is 0.260 e. The molecule has 0 unspecified atom stereocenters. The molecular weight excluding hydrogens is 460 g/mol. The highest BCUT2D eigenvalue weighted by atomic mass is 16.5. The van der Waals surface area contributed by atoms with E-state index in [1.54, 1.807) is 35.0 Å². The Kier molecular flexibility index (Phi) is 9.69. The Bertz CT molecular complexity index is 1070. The van der Waals surface area contributed by atoms with Crippen LogP contribution in [0.2, 0.25) is 0 Å². The standard InChI is InChI=1S/C27H36N4O5/c1-30(27(34)20-11-8-14-23(35-2)25(20)28)21-12-6-5-10-19(21)18-36-17-7-3-4-15-24(32)31-16-9-13-22(31)26(29)33/h5-6,8,10-12,14,22H,3-4,7,9,13,15-18,28H2,1-2H3,(H2,29,33)/t22-/m0/s1. The summed E-state index contributed by atoms with van der Waals surface area (Å²) >= 11 is 0. The van der Waals surface area contributed by atoms with E-state index in [1.807, 2.05) is 24.3 Å². The number of anilines is 2. The molecule has 3 amide bonds. The largest absolute Gasteiger partial charge is 0.495 e.